The van der Waals surface area contributed by atoms with Crippen LogP contribution in [0.4, 0.5) is 0 Å². The van der Waals surface area contributed by atoms with Gasteiger partial charge in [0.15, 0.2) is 6.10 Å². The Bertz CT molecular complexity index is 595. The second-order valence-electron chi connectivity index (χ2n) is 4.93. The summed E-state index contributed by atoms with van der Waals surface area (Å²) < 4.78 is 5.02. The molecular weight excluding hydrogens is 268 g/mol. The SMILES string of the molecule is C[C@@H](OC(=O)/C=C/c1ccc(C#N)cc1)C(=O)NC1CC1. The third-order valence-electron chi connectivity index (χ3n) is 3.04. The molecule has 1 aliphatic rings. The molecule has 1 aromatic rings. The van der Waals surface area contributed by atoms with E-state index in [-0.39, 0.29) is 11.9 Å². The number of rotatable bonds is 5. The van der Waals surface area contributed by atoms with Gasteiger partial charge < -0.3 is 10.1 Å². The van der Waals surface area contributed by atoms with Crippen LogP contribution in [0.1, 0.15) is 30.9 Å². The molecule has 0 unspecified atom stereocenters. The van der Waals surface area contributed by atoms with Gasteiger partial charge in [-0.05, 0) is 43.5 Å². The van der Waals surface area contributed by atoms with Crippen LogP contribution >= 0.6 is 0 Å². The van der Waals surface area contributed by atoms with E-state index in [1.807, 2.05) is 6.07 Å². The van der Waals surface area contributed by atoms with Gasteiger partial charge in [-0.15, -0.1) is 0 Å². The molecule has 0 heterocycles. The van der Waals surface area contributed by atoms with Crippen molar-refractivity contribution in [3.8, 4) is 6.07 Å². The van der Waals surface area contributed by atoms with E-state index in [2.05, 4.69) is 5.32 Å². The maximum Gasteiger partial charge on any atom is 0.331 e. The first-order valence-corrected chi connectivity index (χ1v) is 6.77. The van der Waals surface area contributed by atoms with Crippen molar-refractivity contribution in [2.45, 2.75) is 31.9 Å². The quantitative estimate of drug-likeness (QED) is 0.660. The molecular formula is C16H16N2O3. The van der Waals surface area contributed by atoms with Gasteiger partial charge in [0, 0.05) is 12.1 Å². The summed E-state index contributed by atoms with van der Waals surface area (Å²) in [5.74, 6) is -0.838. The molecule has 5 nitrogen and oxygen atoms in total. The molecule has 0 aromatic heterocycles. The normalized spacial score (nSPS) is 15.2. The molecule has 0 bridgehead atoms. The highest BCUT2D eigenvalue weighted by atomic mass is 16.5. The van der Waals surface area contributed by atoms with Crippen molar-refractivity contribution < 1.29 is 14.3 Å². The molecule has 21 heavy (non-hydrogen) atoms. The number of esters is 1. The maximum atomic E-state index is 11.6. The van der Waals surface area contributed by atoms with Gasteiger partial charge in [0.2, 0.25) is 0 Å². The molecule has 1 saturated carbocycles. The molecule has 0 radical (unpaired) electrons. The number of hydrogen-bond donors (Lipinski definition) is 1. The molecule has 2 rings (SSSR count). The summed E-state index contributed by atoms with van der Waals surface area (Å²) in [4.78, 5) is 23.2. The first-order chi connectivity index (χ1) is 10.1. The Balaban J connectivity index is 1.83. The number of amides is 1. The number of nitriles is 1. The van der Waals surface area contributed by atoms with E-state index in [0.29, 0.717) is 5.56 Å². The summed E-state index contributed by atoms with van der Waals surface area (Å²) in [5, 5.41) is 11.5. The number of carbonyl (C=O) groups is 2. The van der Waals surface area contributed by atoms with Gasteiger partial charge in [-0.25, -0.2) is 4.79 Å². The highest BCUT2D eigenvalue weighted by molar-refractivity contribution is 5.90. The monoisotopic (exact) mass is 284 g/mol. The predicted molar refractivity (Wildman–Crippen MR) is 76.9 cm³/mol. The third kappa shape index (κ3) is 4.77. The summed E-state index contributed by atoms with van der Waals surface area (Å²) in [5.41, 5.74) is 1.33. The topological polar surface area (TPSA) is 79.2 Å². The average molecular weight is 284 g/mol. The fourth-order valence-corrected chi connectivity index (χ4v) is 1.65. The zero-order valence-electron chi connectivity index (χ0n) is 11.7. The lowest BCUT2D eigenvalue weighted by Crippen LogP contribution is -2.36. The lowest BCUT2D eigenvalue weighted by Gasteiger charge is -2.11. The summed E-state index contributed by atoms with van der Waals surface area (Å²) in [7, 11) is 0. The Morgan fingerprint density at radius 3 is 2.62 bits per heavy atom. The molecule has 1 aliphatic carbocycles. The smallest absolute Gasteiger partial charge is 0.331 e. The molecule has 1 amide bonds. The molecule has 0 spiro atoms. The van der Waals surface area contributed by atoms with Gasteiger partial charge in [0.1, 0.15) is 0 Å². The molecule has 0 saturated heterocycles. The van der Waals surface area contributed by atoms with E-state index in [4.69, 9.17) is 10.00 Å². The average Bonchev–Trinajstić information content (AvgIpc) is 3.29. The Morgan fingerprint density at radius 1 is 1.38 bits per heavy atom. The molecule has 1 fully saturated rings. The van der Waals surface area contributed by atoms with Crippen molar-refractivity contribution in [3.63, 3.8) is 0 Å². The van der Waals surface area contributed by atoms with E-state index in [1.54, 1.807) is 37.3 Å². The van der Waals surface area contributed by atoms with Crippen LogP contribution in [0.3, 0.4) is 0 Å². The fraction of sp³-hybridized carbons (Fsp3) is 0.312. The van der Waals surface area contributed by atoms with Crippen LogP contribution in [0.25, 0.3) is 6.08 Å². The standard InChI is InChI=1S/C16H16N2O3/c1-11(16(20)18-14-7-8-14)21-15(19)9-6-12-2-4-13(10-17)5-3-12/h2-6,9,11,14H,7-8H2,1H3,(H,18,20)/b9-6+/t11-/m1/s1. The van der Waals surface area contributed by atoms with E-state index < -0.39 is 12.1 Å². The van der Waals surface area contributed by atoms with Crippen molar-refractivity contribution in [1.82, 2.24) is 5.32 Å². The van der Waals surface area contributed by atoms with Crippen LogP contribution in [0, 0.1) is 11.3 Å². The summed E-state index contributed by atoms with van der Waals surface area (Å²) in [6.07, 6.45) is 4.02. The Morgan fingerprint density at radius 2 is 2.05 bits per heavy atom. The molecule has 1 atom stereocenters. The van der Waals surface area contributed by atoms with Crippen molar-refractivity contribution >= 4 is 18.0 Å². The largest absolute Gasteiger partial charge is 0.449 e. The van der Waals surface area contributed by atoms with Crippen molar-refractivity contribution in [3.05, 3.63) is 41.5 Å². The zero-order valence-corrected chi connectivity index (χ0v) is 11.7. The maximum absolute atomic E-state index is 11.6. The molecule has 5 heteroatoms. The number of carbonyl (C=O) groups excluding carboxylic acids is 2. The third-order valence-corrected chi connectivity index (χ3v) is 3.04. The highest BCUT2D eigenvalue weighted by Gasteiger charge is 2.26. The van der Waals surface area contributed by atoms with Gasteiger partial charge in [-0.2, -0.15) is 5.26 Å². The lowest BCUT2D eigenvalue weighted by atomic mass is 10.1. The van der Waals surface area contributed by atoms with Gasteiger partial charge >= 0.3 is 5.97 Å². The minimum Gasteiger partial charge on any atom is -0.449 e. The first-order valence-electron chi connectivity index (χ1n) is 6.77. The Kier molecular flexibility index (Phi) is 4.72. The number of hydrogen-bond acceptors (Lipinski definition) is 4. The molecule has 0 aliphatic heterocycles. The number of ether oxygens (including phenoxy) is 1. The van der Waals surface area contributed by atoms with Crippen LogP contribution in [0.2, 0.25) is 0 Å². The second-order valence-corrected chi connectivity index (χ2v) is 4.93. The lowest BCUT2D eigenvalue weighted by molar-refractivity contribution is -0.150. The van der Waals surface area contributed by atoms with Gasteiger partial charge in [-0.3, -0.25) is 4.79 Å². The Hall–Kier alpha value is -2.61. The summed E-state index contributed by atoms with van der Waals surface area (Å²) >= 11 is 0. The van der Waals surface area contributed by atoms with E-state index in [1.165, 1.54) is 6.08 Å². The van der Waals surface area contributed by atoms with Gasteiger partial charge in [0.05, 0.1) is 11.6 Å². The van der Waals surface area contributed by atoms with E-state index in [9.17, 15) is 9.59 Å². The Labute approximate surface area is 123 Å². The number of nitrogens with one attached hydrogen (secondary N) is 1. The van der Waals surface area contributed by atoms with Crippen molar-refractivity contribution in [1.29, 1.82) is 5.26 Å². The molecule has 108 valence electrons. The molecule has 1 aromatic carbocycles. The summed E-state index contributed by atoms with van der Waals surface area (Å²) in [6.45, 7) is 1.55. The predicted octanol–water partition coefficient (Wildman–Crippen LogP) is 1.78. The second kappa shape index (κ2) is 6.71. The van der Waals surface area contributed by atoms with Crippen LogP contribution < -0.4 is 5.32 Å². The highest BCUT2D eigenvalue weighted by Crippen LogP contribution is 2.18. The van der Waals surface area contributed by atoms with Crippen LogP contribution in [-0.4, -0.2) is 24.0 Å². The van der Waals surface area contributed by atoms with Crippen LogP contribution in [-0.2, 0) is 14.3 Å². The molecule has 1 N–H and O–H groups in total. The summed E-state index contributed by atoms with van der Waals surface area (Å²) in [6, 6.07) is 9.04. The van der Waals surface area contributed by atoms with Crippen LogP contribution in [0.5, 0.6) is 0 Å². The number of benzene rings is 1. The number of nitrogens with zero attached hydrogens (tertiary/aromatic N) is 1. The zero-order chi connectivity index (χ0) is 15.2. The minimum atomic E-state index is -0.802. The van der Waals surface area contributed by atoms with Crippen molar-refractivity contribution in [2.24, 2.45) is 0 Å². The van der Waals surface area contributed by atoms with Crippen LogP contribution in [0.15, 0.2) is 30.3 Å². The van der Waals surface area contributed by atoms with Gasteiger partial charge in [0.25, 0.3) is 5.91 Å². The van der Waals surface area contributed by atoms with Gasteiger partial charge in [-0.1, -0.05) is 12.1 Å². The fourth-order valence-electron chi connectivity index (χ4n) is 1.65. The van der Waals surface area contributed by atoms with E-state index in [0.717, 1.165) is 18.4 Å². The first kappa shape index (κ1) is 14.8. The minimum absolute atomic E-state index is 0.243. The van der Waals surface area contributed by atoms with Crippen molar-refractivity contribution in [2.75, 3.05) is 0 Å². The van der Waals surface area contributed by atoms with E-state index >= 15 is 0 Å².